The minimum atomic E-state index is -3.98. The topological polar surface area (TPSA) is 75.7 Å². The average Bonchev–Trinajstić information content (AvgIpc) is 3.00. The smallest absolute Gasteiger partial charge is 0.264 e. The molecule has 0 radical (unpaired) electrons. The first-order chi connectivity index (χ1) is 19.4. The van der Waals surface area contributed by atoms with E-state index in [2.05, 4.69) is 19.2 Å². The lowest BCUT2D eigenvalue weighted by Gasteiger charge is -2.41. The second-order valence-electron chi connectivity index (χ2n) is 10.1. The predicted octanol–water partition coefficient (Wildman–Crippen LogP) is 6.89. The average molecular weight is 555 g/mol. The zero-order valence-electron chi connectivity index (χ0n) is 22.8. The standard InChI is InChI=1S/C33H34N2O4S/c1-3-33(4-2)23-29(27-19-12-14-22-31(27)39-33)34-32(36)28-20-11-13-21-30(28)35(24-25-15-7-5-8-16-25)40(37,38)26-17-9-6-10-18-26/h5-22,29H,3-4,23-24H2,1-2H3,(H,34,36). The molecule has 1 aliphatic rings. The summed E-state index contributed by atoms with van der Waals surface area (Å²) < 4.78 is 35.8. The lowest BCUT2D eigenvalue weighted by Crippen LogP contribution is -2.44. The second-order valence-corrected chi connectivity index (χ2v) is 11.9. The van der Waals surface area contributed by atoms with E-state index in [1.807, 2.05) is 54.6 Å². The molecule has 5 rings (SSSR count). The van der Waals surface area contributed by atoms with E-state index in [0.717, 1.165) is 29.7 Å². The van der Waals surface area contributed by atoms with Crippen LogP contribution in [0.15, 0.2) is 114 Å². The van der Waals surface area contributed by atoms with E-state index in [4.69, 9.17) is 4.74 Å². The molecule has 1 amide bonds. The molecule has 206 valence electrons. The summed E-state index contributed by atoms with van der Waals surface area (Å²) >= 11 is 0. The summed E-state index contributed by atoms with van der Waals surface area (Å²) in [4.78, 5) is 14.1. The quantitative estimate of drug-likeness (QED) is 0.244. The van der Waals surface area contributed by atoms with Crippen molar-refractivity contribution < 1.29 is 17.9 Å². The minimum Gasteiger partial charge on any atom is -0.487 e. The fourth-order valence-corrected chi connectivity index (χ4v) is 6.81. The van der Waals surface area contributed by atoms with Gasteiger partial charge in [0.25, 0.3) is 15.9 Å². The number of amides is 1. The molecule has 4 aromatic rings. The summed E-state index contributed by atoms with van der Waals surface area (Å²) in [7, 11) is -3.98. The summed E-state index contributed by atoms with van der Waals surface area (Å²) in [5, 5.41) is 3.22. The first-order valence-electron chi connectivity index (χ1n) is 13.7. The lowest BCUT2D eigenvalue weighted by molar-refractivity contribution is 0.0227. The largest absolute Gasteiger partial charge is 0.487 e. The fraction of sp³-hybridized carbons (Fsp3) is 0.242. The first kappa shape index (κ1) is 27.5. The monoisotopic (exact) mass is 554 g/mol. The maximum atomic E-state index is 14.0. The maximum Gasteiger partial charge on any atom is 0.264 e. The fourth-order valence-electron chi connectivity index (χ4n) is 5.32. The lowest BCUT2D eigenvalue weighted by atomic mass is 9.83. The van der Waals surface area contributed by atoms with Crippen molar-refractivity contribution in [3.8, 4) is 5.75 Å². The van der Waals surface area contributed by atoms with E-state index in [9.17, 15) is 13.2 Å². The van der Waals surface area contributed by atoms with Gasteiger partial charge in [0.2, 0.25) is 0 Å². The molecule has 1 atom stereocenters. The number of benzene rings is 4. The maximum absolute atomic E-state index is 14.0. The highest BCUT2D eigenvalue weighted by molar-refractivity contribution is 7.92. The number of fused-ring (bicyclic) bond motifs is 1. The number of hydrogen-bond donors (Lipinski definition) is 1. The molecule has 0 aliphatic carbocycles. The van der Waals surface area contributed by atoms with Crippen LogP contribution in [0.2, 0.25) is 0 Å². The third kappa shape index (κ3) is 5.47. The predicted molar refractivity (Wildman–Crippen MR) is 158 cm³/mol. The van der Waals surface area contributed by atoms with Crippen molar-refractivity contribution in [2.45, 2.75) is 56.2 Å². The summed E-state index contributed by atoms with van der Waals surface area (Å²) in [5.41, 5.74) is 1.96. The van der Waals surface area contributed by atoms with Crippen LogP contribution in [0.5, 0.6) is 5.75 Å². The van der Waals surface area contributed by atoms with Gasteiger partial charge < -0.3 is 10.1 Å². The summed E-state index contributed by atoms with van der Waals surface area (Å²) in [6, 6.07) is 32.1. The molecule has 1 N–H and O–H groups in total. The highest BCUT2D eigenvalue weighted by Crippen LogP contribution is 2.43. The highest BCUT2D eigenvalue weighted by atomic mass is 32.2. The van der Waals surface area contributed by atoms with E-state index < -0.39 is 10.0 Å². The molecule has 1 unspecified atom stereocenters. The van der Waals surface area contributed by atoms with E-state index >= 15 is 0 Å². The summed E-state index contributed by atoms with van der Waals surface area (Å²) in [6.07, 6.45) is 2.24. The minimum absolute atomic E-state index is 0.0806. The first-order valence-corrected chi connectivity index (χ1v) is 15.1. The molecule has 7 heteroatoms. The third-order valence-corrected chi connectivity index (χ3v) is 9.48. The molecule has 0 fully saturated rings. The Hall–Kier alpha value is -4.10. The zero-order valence-corrected chi connectivity index (χ0v) is 23.6. The summed E-state index contributed by atoms with van der Waals surface area (Å²) in [5.74, 6) is 0.438. The van der Waals surface area contributed by atoms with Crippen LogP contribution in [0.3, 0.4) is 0 Å². The van der Waals surface area contributed by atoms with E-state index in [1.54, 1.807) is 54.6 Å². The third-order valence-electron chi connectivity index (χ3n) is 7.71. The number of carbonyl (C=O) groups is 1. The van der Waals surface area contributed by atoms with Gasteiger partial charge >= 0.3 is 0 Å². The Labute approximate surface area is 236 Å². The molecule has 1 aliphatic heterocycles. The number of nitrogens with zero attached hydrogens (tertiary/aromatic N) is 1. The number of sulfonamides is 1. The van der Waals surface area contributed by atoms with Gasteiger partial charge in [-0.25, -0.2) is 8.42 Å². The number of nitrogens with one attached hydrogen (secondary N) is 1. The number of para-hydroxylation sites is 2. The van der Waals surface area contributed by atoms with E-state index in [1.165, 1.54) is 4.31 Å². The Morgan fingerprint density at radius 1 is 0.850 bits per heavy atom. The van der Waals surface area contributed by atoms with Gasteiger partial charge in [0.05, 0.1) is 28.7 Å². The van der Waals surface area contributed by atoms with Crippen molar-refractivity contribution in [1.29, 1.82) is 0 Å². The van der Waals surface area contributed by atoms with Crippen LogP contribution in [0.1, 0.15) is 60.6 Å². The van der Waals surface area contributed by atoms with Crippen molar-refractivity contribution in [2.24, 2.45) is 0 Å². The van der Waals surface area contributed by atoms with Gasteiger partial charge in [-0.1, -0.05) is 92.7 Å². The van der Waals surface area contributed by atoms with Gasteiger partial charge in [0.15, 0.2) is 0 Å². The number of ether oxygens (including phenoxy) is 1. The normalized spacial score (nSPS) is 15.9. The SMILES string of the molecule is CCC1(CC)CC(NC(=O)c2ccccc2N(Cc2ccccc2)S(=O)(=O)c2ccccc2)c2ccccc2O1. The van der Waals surface area contributed by atoms with Crippen LogP contribution >= 0.6 is 0 Å². The van der Waals surface area contributed by atoms with E-state index in [-0.39, 0.29) is 29.0 Å². The molecule has 6 nitrogen and oxygen atoms in total. The van der Waals surface area contributed by atoms with Crippen LogP contribution in [0, 0.1) is 0 Å². The van der Waals surface area contributed by atoms with Crippen LogP contribution in [-0.4, -0.2) is 19.9 Å². The second kappa shape index (κ2) is 11.6. The van der Waals surface area contributed by atoms with Gasteiger partial charge in [0, 0.05) is 12.0 Å². The number of carbonyl (C=O) groups excluding carboxylic acids is 1. The molecule has 40 heavy (non-hydrogen) atoms. The molecule has 0 aromatic heterocycles. The Bertz CT molecular complexity index is 1570. The van der Waals surface area contributed by atoms with Crippen LogP contribution < -0.4 is 14.4 Å². The number of hydrogen-bond acceptors (Lipinski definition) is 4. The van der Waals surface area contributed by atoms with Gasteiger partial charge in [-0.2, -0.15) is 0 Å². The van der Waals surface area contributed by atoms with Crippen molar-refractivity contribution >= 4 is 21.6 Å². The molecule has 0 saturated carbocycles. The van der Waals surface area contributed by atoms with Crippen molar-refractivity contribution in [3.05, 3.63) is 126 Å². The van der Waals surface area contributed by atoms with Crippen molar-refractivity contribution in [1.82, 2.24) is 5.32 Å². The van der Waals surface area contributed by atoms with Crippen LogP contribution in [-0.2, 0) is 16.6 Å². The molecule has 4 aromatic carbocycles. The molecule has 0 spiro atoms. The summed E-state index contributed by atoms with van der Waals surface area (Å²) in [6.45, 7) is 4.28. The Balaban J connectivity index is 1.54. The van der Waals surface area contributed by atoms with Gasteiger partial charge in [0.1, 0.15) is 11.4 Å². The van der Waals surface area contributed by atoms with Gasteiger partial charge in [-0.05, 0) is 48.7 Å². The molecular formula is C33H34N2O4S. The zero-order chi connectivity index (χ0) is 28.2. The molecule has 0 bridgehead atoms. The van der Waals surface area contributed by atoms with Crippen molar-refractivity contribution in [3.63, 3.8) is 0 Å². The van der Waals surface area contributed by atoms with Crippen molar-refractivity contribution in [2.75, 3.05) is 4.31 Å². The number of rotatable bonds is 9. The van der Waals surface area contributed by atoms with Crippen LogP contribution in [0.25, 0.3) is 0 Å². The van der Waals surface area contributed by atoms with Gasteiger partial charge in [-0.3, -0.25) is 9.10 Å². The molecule has 0 saturated heterocycles. The Morgan fingerprint density at radius 3 is 2.15 bits per heavy atom. The van der Waals surface area contributed by atoms with Crippen LogP contribution in [0.4, 0.5) is 5.69 Å². The Kier molecular flexibility index (Phi) is 7.94. The van der Waals surface area contributed by atoms with E-state index in [0.29, 0.717) is 17.7 Å². The Morgan fingerprint density at radius 2 is 1.45 bits per heavy atom. The number of anilines is 1. The molecule has 1 heterocycles. The molecular weight excluding hydrogens is 520 g/mol. The van der Waals surface area contributed by atoms with Gasteiger partial charge in [-0.15, -0.1) is 0 Å². The highest BCUT2D eigenvalue weighted by Gasteiger charge is 2.39.